The van der Waals surface area contributed by atoms with Gasteiger partial charge in [-0.15, -0.1) is 0 Å². The van der Waals surface area contributed by atoms with Gasteiger partial charge in [-0.1, -0.05) is 29.8 Å². The largest absolute Gasteiger partial charge is 0.354 e. The van der Waals surface area contributed by atoms with E-state index >= 15 is 0 Å². The first-order chi connectivity index (χ1) is 6.50. The van der Waals surface area contributed by atoms with Crippen molar-refractivity contribution in [2.45, 2.75) is 31.1 Å². The highest BCUT2D eigenvalue weighted by Gasteiger charge is 2.26. The van der Waals surface area contributed by atoms with E-state index in [2.05, 4.69) is 26.6 Å². The molecule has 0 bridgehead atoms. The van der Waals surface area contributed by atoms with Gasteiger partial charge >= 0.3 is 0 Å². The van der Waals surface area contributed by atoms with Gasteiger partial charge in [-0.2, -0.15) is 0 Å². The van der Waals surface area contributed by atoms with E-state index in [1.165, 1.54) is 0 Å². The molecule has 2 atom stereocenters. The lowest BCUT2D eigenvalue weighted by atomic mass is 10.1. The Hall–Kier alpha value is -0.580. The molecule has 1 aliphatic rings. The molecule has 4 nitrogen and oxygen atoms in total. The number of hydrogen-bond donors (Lipinski definition) is 2. The lowest BCUT2D eigenvalue weighted by Gasteiger charge is -2.16. The zero-order valence-corrected chi connectivity index (χ0v) is 9.93. The van der Waals surface area contributed by atoms with E-state index in [0.29, 0.717) is 13.0 Å². The Morgan fingerprint density at radius 2 is 2.29 bits per heavy atom. The second-order valence-corrected chi connectivity index (χ2v) is 4.85. The molecular weight excluding hydrogens is 248 g/mol. The molecule has 0 aliphatic carbocycles. The van der Waals surface area contributed by atoms with Crippen LogP contribution in [0.4, 0.5) is 0 Å². The fraction of sp³-hybridized carbons (Fsp3) is 0.778. The van der Waals surface area contributed by atoms with Crippen LogP contribution in [-0.2, 0) is 9.59 Å². The zero-order valence-electron chi connectivity index (χ0n) is 8.34. The molecule has 1 aliphatic heterocycles. The van der Waals surface area contributed by atoms with Crippen LogP contribution < -0.4 is 10.6 Å². The summed E-state index contributed by atoms with van der Waals surface area (Å²) in [6, 6.07) is -0.0474. The van der Waals surface area contributed by atoms with Gasteiger partial charge in [0.05, 0.1) is 10.9 Å². The van der Waals surface area contributed by atoms with E-state index in [1.54, 1.807) is 0 Å². The Balaban J connectivity index is 2.37. The van der Waals surface area contributed by atoms with E-state index in [9.17, 15) is 9.59 Å². The van der Waals surface area contributed by atoms with Crippen molar-refractivity contribution in [1.29, 1.82) is 0 Å². The van der Waals surface area contributed by atoms with Crippen LogP contribution in [0.3, 0.4) is 0 Å². The van der Waals surface area contributed by atoms with Crippen molar-refractivity contribution in [3.8, 4) is 0 Å². The van der Waals surface area contributed by atoms with Crippen molar-refractivity contribution in [1.82, 2.24) is 10.6 Å². The number of nitrogens with one attached hydrogen (secondary N) is 2. The Morgan fingerprint density at radius 1 is 1.64 bits per heavy atom. The number of carbonyl (C=O) groups excluding carboxylic acids is 2. The number of rotatable bonds is 3. The van der Waals surface area contributed by atoms with Gasteiger partial charge in [0.25, 0.3) is 0 Å². The molecule has 80 valence electrons. The maximum absolute atomic E-state index is 11.6. The van der Waals surface area contributed by atoms with Gasteiger partial charge < -0.3 is 10.6 Å². The van der Waals surface area contributed by atoms with Crippen LogP contribution in [0.5, 0.6) is 0 Å². The summed E-state index contributed by atoms with van der Waals surface area (Å²) in [5, 5.41) is 5.50. The quantitative estimate of drug-likeness (QED) is 0.724. The summed E-state index contributed by atoms with van der Waals surface area (Å²) in [5.74, 6) is 0.215. The van der Waals surface area contributed by atoms with E-state index in [-0.39, 0.29) is 28.6 Å². The predicted octanol–water partition coefficient (Wildman–Crippen LogP) is 0.411. The van der Waals surface area contributed by atoms with Gasteiger partial charge in [-0.3, -0.25) is 9.59 Å². The molecule has 2 unspecified atom stereocenters. The summed E-state index contributed by atoms with van der Waals surface area (Å²) in [6.07, 6.45) is 0.392. The van der Waals surface area contributed by atoms with Crippen LogP contribution in [0.15, 0.2) is 0 Å². The third kappa shape index (κ3) is 2.97. The molecule has 2 N–H and O–H groups in total. The fourth-order valence-electron chi connectivity index (χ4n) is 1.29. The molecule has 1 heterocycles. The minimum atomic E-state index is -0.182. The van der Waals surface area contributed by atoms with Crippen LogP contribution in [-0.4, -0.2) is 29.2 Å². The van der Waals surface area contributed by atoms with Gasteiger partial charge in [0, 0.05) is 13.0 Å². The van der Waals surface area contributed by atoms with E-state index in [0.717, 1.165) is 0 Å². The normalized spacial score (nSPS) is 23.4. The minimum Gasteiger partial charge on any atom is -0.354 e. The van der Waals surface area contributed by atoms with Crippen LogP contribution in [0.25, 0.3) is 0 Å². The first-order valence-electron chi connectivity index (χ1n) is 4.72. The average Bonchev–Trinajstić information content (AvgIpc) is 2.49. The third-order valence-electron chi connectivity index (χ3n) is 2.16. The molecule has 14 heavy (non-hydrogen) atoms. The maximum atomic E-state index is 11.6. The maximum Gasteiger partial charge on any atom is 0.234 e. The molecule has 1 saturated heterocycles. The molecule has 1 rings (SSSR count). The second kappa shape index (κ2) is 4.77. The van der Waals surface area contributed by atoms with Gasteiger partial charge in [0.15, 0.2) is 0 Å². The van der Waals surface area contributed by atoms with Crippen LogP contribution >= 0.6 is 15.9 Å². The van der Waals surface area contributed by atoms with Crippen molar-refractivity contribution in [3.05, 3.63) is 0 Å². The topological polar surface area (TPSA) is 58.2 Å². The number of carbonyl (C=O) groups is 2. The number of hydrogen-bond acceptors (Lipinski definition) is 2. The van der Waals surface area contributed by atoms with Crippen molar-refractivity contribution in [2.75, 3.05) is 6.54 Å². The molecule has 0 spiro atoms. The molecule has 2 amide bonds. The van der Waals surface area contributed by atoms with Crippen LogP contribution in [0.1, 0.15) is 20.3 Å². The van der Waals surface area contributed by atoms with Crippen molar-refractivity contribution in [3.63, 3.8) is 0 Å². The fourth-order valence-corrected chi connectivity index (χ4v) is 1.42. The number of alkyl halides is 1. The van der Waals surface area contributed by atoms with Crippen LogP contribution in [0, 0.1) is 5.92 Å². The Morgan fingerprint density at radius 3 is 2.71 bits per heavy atom. The summed E-state index contributed by atoms with van der Waals surface area (Å²) in [4.78, 5) is 22.2. The standard InChI is InChI=1S/C9H15BrN2O2/c1-5(2)8(10)9(14)12-6-3-7(13)11-4-6/h5-6,8H,3-4H2,1-2H3,(H,11,13)(H,12,14). The molecular formula is C9H15BrN2O2. The molecule has 5 heteroatoms. The zero-order chi connectivity index (χ0) is 10.7. The molecule has 1 fully saturated rings. The molecule has 0 aromatic rings. The van der Waals surface area contributed by atoms with Crippen LogP contribution in [0.2, 0.25) is 0 Å². The van der Waals surface area contributed by atoms with E-state index in [1.807, 2.05) is 13.8 Å². The highest BCUT2D eigenvalue weighted by molar-refractivity contribution is 9.10. The summed E-state index contributed by atoms with van der Waals surface area (Å²) < 4.78 is 0. The molecule has 0 aromatic heterocycles. The van der Waals surface area contributed by atoms with E-state index < -0.39 is 0 Å². The molecule has 0 saturated carbocycles. The number of amides is 2. The van der Waals surface area contributed by atoms with E-state index in [4.69, 9.17) is 0 Å². The summed E-state index contributed by atoms with van der Waals surface area (Å²) >= 11 is 3.31. The summed E-state index contributed by atoms with van der Waals surface area (Å²) in [6.45, 7) is 4.48. The van der Waals surface area contributed by atoms with Crippen molar-refractivity contribution in [2.24, 2.45) is 5.92 Å². The first kappa shape index (κ1) is 11.5. The average molecular weight is 263 g/mol. The van der Waals surface area contributed by atoms with Crippen molar-refractivity contribution < 1.29 is 9.59 Å². The molecule has 0 aromatic carbocycles. The summed E-state index contributed by atoms with van der Waals surface area (Å²) in [5.41, 5.74) is 0. The number of halogens is 1. The monoisotopic (exact) mass is 262 g/mol. The lowest BCUT2D eigenvalue weighted by Crippen LogP contribution is -2.41. The highest BCUT2D eigenvalue weighted by atomic mass is 79.9. The van der Waals surface area contributed by atoms with Gasteiger partial charge in [0.2, 0.25) is 11.8 Å². The lowest BCUT2D eigenvalue weighted by molar-refractivity contribution is -0.121. The first-order valence-corrected chi connectivity index (χ1v) is 5.63. The Bertz CT molecular complexity index is 243. The SMILES string of the molecule is CC(C)C(Br)C(=O)NC1CNC(=O)C1. The second-order valence-electron chi connectivity index (χ2n) is 3.86. The predicted molar refractivity (Wildman–Crippen MR) is 57.1 cm³/mol. The summed E-state index contributed by atoms with van der Waals surface area (Å²) in [7, 11) is 0. The smallest absolute Gasteiger partial charge is 0.234 e. The minimum absolute atomic E-state index is 0.00553. The van der Waals surface area contributed by atoms with Gasteiger partial charge in [-0.05, 0) is 5.92 Å². The van der Waals surface area contributed by atoms with Crippen molar-refractivity contribution >= 4 is 27.7 Å². The third-order valence-corrected chi connectivity index (χ3v) is 3.63. The molecule has 0 radical (unpaired) electrons. The highest BCUT2D eigenvalue weighted by Crippen LogP contribution is 2.12. The van der Waals surface area contributed by atoms with Gasteiger partial charge in [0.1, 0.15) is 0 Å². The Labute approximate surface area is 91.9 Å². The van der Waals surface area contributed by atoms with Gasteiger partial charge in [-0.25, -0.2) is 0 Å². The Kier molecular flexibility index (Phi) is 3.92.